The van der Waals surface area contributed by atoms with E-state index < -0.39 is 0 Å². The Kier molecular flexibility index (Phi) is 5.76. The van der Waals surface area contributed by atoms with Gasteiger partial charge >= 0.3 is 0 Å². The van der Waals surface area contributed by atoms with E-state index in [-0.39, 0.29) is 11.2 Å². The molecule has 0 N–H and O–H groups in total. The zero-order chi connectivity index (χ0) is 15.5. The van der Waals surface area contributed by atoms with Gasteiger partial charge in [-0.1, -0.05) is 33.1 Å². The summed E-state index contributed by atoms with van der Waals surface area (Å²) in [5.41, 5.74) is 0.266. The molecule has 4 atom stereocenters. The molecule has 1 heterocycles. The molecule has 1 saturated heterocycles. The van der Waals surface area contributed by atoms with Crippen molar-refractivity contribution in [2.75, 3.05) is 6.61 Å². The van der Waals surface area contributed by atoms with Crippen LogP contribution >= 0.6 is 0 Å². The third-order valence-corrected chi connectivity index (χ3v) is 5.67. The first kappa shape index (κ1) is 17.3. The van der Waals surface area contributed by atoms with E-state index in [4.69, 9.17) is 9.47 Å². The first-order chi connectivity index (χ1) is 9.88. The maximum Gasteiger partial charge on any atom is 0.0920 e. The molecule has 1 saturated carbocycles. The van der Waals surface area contributed by atoms with Crippen LogP contribution in [-0.2, 0) is 9.47 Å². The van der Waals surface area contributed by atoms with Gasteiger partial charge in [0.1, 0.15) is 0 Å². The van der Waals surface area contributed by atoms with Gasteiger partial charge in [-0.25, -0.2) is 0 Å². The summed E-state index contributed by atoms with van der Waals surface area (Å²) in [5.74, 6) is 1.53. The van der Waals surface area contributed by atoms with Crippen molar-refractivity contribution in [2.45, 2.75) is 103 Å². The van der Waals surface area contributed by atoms with Crippen LogP contribution in [0.1, 0.15) is 86.0 Å². The Morgan fingerprint density at radius 1 is 1.33 bits per heavy atom. The van der Waals surface area contributed by atoms with Gasteiger partial charge in [-0.2, -0.15) is 0 Å². The topological polar surface area (TPSA) is 21.8 Å². The highest BCUT2D eigenvalue weighted by atomic mass is 16.6. The van der Waals surface area contributed by atoms with E-state index in [0.29, 0.717) is 6.10 Å². The van der Waals surface area contributed by atoms with Crippen molar-refractivity contribution in [1.82, 2.24) is 0 Å². The molecule has 2 nitrogen and oxygen atoms in total. The molecule has 0 aromatic rings. The van der Waals surface area contributed by atoms with Gasteiger partial charge < -0.3 is 9.47 Å². The maximum absolute atomic E-state index is 6.32. The molecule has 1 aliphatic heterocycles. The van der Waals surface area contributed by atoms with E-state index in [9.17, 15) is 0 Å². The second kappa shape index (κ2) is 7.00. The molecule has 0 aromatic carbocycles. The van der Waals surface area contributed by atoms with Crippen LogP contribution in [0.2, 0.25) is 0 Å². The van der Waals surface area contributed by atoms with E-state index in [2.05, 4.69) is 34.6 Å². The standard InChI is InChI=1S/C19H36O2/c1-6-8-9-15(7-2)14-20-18(3,4)13-16-10-11-19(5)17(12-16)21-19/h15-17H,6-14H2,1-5H3. The van der Waals surface area contributed by atoms with Gasteiger partial charge in [-0.3, -0.25) is 0 Å². The minimum absolute atomic E-state index is 0.0208. The molecule has 0 bridgehead atoms. The molecule has 2 fully saturated rings. The second-order valence-electron chi connectivity index (χ2n) is 8.25. The Morgan fingerprint density at radius 2 is 2.10 bits per heavy atom. The molecule has 1 aliphatic carbocycles. The van der Waals surface area contributed by atoms with Crippen LogP contribution in [-0.4, -0.2) is 23.9 Å². The summed E-state index contributed by atoms with van der Waals surface area (Å²) >= 11 is 0. The average Bonchev–Trinajstić information content (AvgIpc) is 3.09. The summed E-state index contributed by atoms with van der Waals surface area (Å²) in [6.07, 6.45) is 10.7. The molecule has 21 heavy (non-hydrogen) atoms. The van der Waals surface area contributed by atoms with Crippen molar-refractivity contribution in [2.24, 2.45) is 11.8 Å². The highest BCUT2D eigenvalue weighted by Gasteiger charge is 2.55. The molecule has 2 rings (SSSR count). The summed E-state index contributed by atoms with van der Waals surface area (Å²) < 4.78 is 12.1. The van der Waals surface area contributed by atoms with Crippen molar-refractivity contribution in [3.8, 4) is 0 Å². The van der Waals surface area contributed by atoms with Crippen molar-refractivity contribution >= 4 is 0 Å². The summed E-state index contributed by atoms with van der Waals surface area (Å²) in [6, 6.07) is 0. The minimum Gasteiger partial charge on any atom is -0.375 e. The lowest BCUT2D eigenvalue weighted by atomic mass is 9.78. The fraction of sp³-hybridized carbons (Fsp3) is 1.00. The summed E-state index contributed by atoms with van der Waals surface area (Å²) in [5, 5.41) is 0. The van der Waals surface area contributed by atoms with Crippen LogP contribution in [0.25, 0.3) is 0 Å². The molecule has 124 valence electrons. The molecular formula is C19H36O2. The van der Waals surface area contributed by atoms with E-state index >= 15 is 0 Å². The van der Waals surface area contributed by atoms with Gasteiger partial charge in [0, 0.05) is 0 Å². The van der Waals surface area contributed by atoms with Gasteiger partial charge in [0.25, 0.3) is 0 Å². The van der Waals surface area contributed by atoms with Crippen LogP contribution < -0.4 is 0 Å². The monoisotopic (exact) mass is 296 g/mol. The number of hydrogen-bond acceptors (Lipinski definition) is 2. The predicted octanol–water partition coefficient (Wildman–Crippen LogP) is 5.35. The van der Waals surface area contributed by atoms with Crippen LogP contribution in [0, 0.1) is 11.8 Å². The second-order valence-corrected chi connectivity index (χ2v) is 8.25. The third kappa shape index (κ3) is 4.96. The minimum atomic E-state index is 0.0208. The summed E-state index contributed by atoms with van der Waals surface area (Å²) in [7, 11) is 0. The zero-order valence-corrected chi connectivity index (χ0v) is 14.9. The number of fused-ring (bicyclic) bond motifs is 1. The fourth-order valence-corrected chi connectivity index (χ4v) is 3.90. The summed E-state index contributed by atoms with van der Waals surface area (Å²) in [6.45, 7) is 12.3. The molecule has 2 heteroatoms. The normalized spacial score (nSPS) is 33.6. The number of epoxide rings is 1. The highest BCUT2D eigenvalue weighted by Crippen LogP contribution is 2.50. The molecule has 0 spiro atoms. The lowest BCUT2D eigenvalue weighted by Gasteiger charge is -2.33. The molecule has 0 amide bonds. The number of rotatable bonds is 9. The predicted molar refractivity (Wildman–Crippen MR) is 88.6 cm³/mol. The molecular weight excluding hydrogens is 260 g/mol. The third-order valence-electron chi connectivity index (χ3n) is 5.67. The first-order valence-electron chi connectivity index (χ1n) is 9.20. The first-order valence-corrected chi connectivity index (χ1v) is 9.20. The summed E-state index contributed by atoms with van der Waals surface area (Å²) in [4.78, 5) is 0. The highest BCUT2D eigenvalue weighted by molar-refractivity contribution is 5.04. The lowest BCUT2D eigenvalue weighted by Crippen LogP contribution is -2.32. The van der Waals surface area contributed by atoms with Gasteiger partial charge in [-0.15, -0.1) is 0 Å². The van der Waals surface area contributed by atoms with Crippen molar-refractivity contribution in [3.63, 3.8) is 0 Å². The molecule has 0 aromatic heterocycles. The van der Waals surface area contributed by atoms with E-state index in [1.54, 1.807) is 0 Å². The Labute approximate surface area is 132 Å². The van der Waals surface area contributed by atoms with Crippen molar-refractivity contribution < 1.29 is 9.47 Å². The fourth-order valence-electron chi connectivity index (χ4n) is 3.90. The molecule has 0 radical (unpaired) electrons. The molecule has 4 unspecified atom stereocenters. The lowest BCUT2D eigenvalue weighted by molar-refractivity contribution is -0.0542. The van der Waals surface area contributed by atoms with Crippen LogP contribution in [0.5, 0.6) is 0 Å². The van der Waals surface area contributed by atoms with Crippen LogP contribution in [0.4, 0.5) is 0 Å². The van der Waals surface area contributed by atoms with Crippen LogP contribution in [0.15, 0.2) is 0 Å². The smallest absolute Gasteiger partial charge is 0.0920 e. The zero-order valence-electron chi connectivity index (χ0n) is 14.9. The van der Waals surface area contributed by atoms with Gasteiger partial charge in [-0.05, 0) is 64.7 Å². The number of ether oxygens (including phenoxy) is 2. The number of unbranched alkanes of at least 4 members (excludes halogenated alkanes) is 1. The van der Waals surface area contributed by atoms with Gasteiger partial charge in [0.2, 0.25) is 0 Å². The van der Waals surface area contributed by atoms with Gasteiger partial charge in [0.15, 0.2) is 0 Å². The Morgan fingerprint density at radius 3 is 2.71 bits per heavy atom. The quantitative estimate of drug-likeness (QED) is 0.535. The maximum atomic E-state index is 6.32. The largest absolute Gasteiger partial charge is 0.375 e. The average molecular weight is 296 g/mol. The van der Waals surface area contributed by atoms with Gasteiger partial charge in [0.05, 0.1) is 23.9 Å². The van der Waals surface area contributed by atoms with Crippen LogP contribution in [0.3, 0.4) is 0 Å². The molecule has 2 aliphatic rings. The number of hydrogen-bond donors (Lipinski definition) is 0. The SMILES string of the molecule is CCCCC(CC)COC(C)(C)CC1CCC2(C)OC2C1. The van der Waals surface area contributed by atoms with E-state index in [1.807, 2.05) is 0 Å². The van der Waals surface area contributed by atoms with E-state index in [1.165, 1.54) is 51.4 Å². The Bertz CT molecular complexity index is 326. The Balaban J connectivity index is 1.71. The van der Waals surface area contributed by atoms with E-state index in [0.717, 1.165) is 18.4 Å². The Hall–Kier alpha value is -0.0800. The van der Waals surface area contributed by atoms with Crippen molar-refractivity contribution in [3.05, 3.63) is 0 Å². The van der Waals surface area contributed by atoms with Crippen molar-refractivity contribution in [1.29, 1.82) is 0 Å².